The van der Waals surface area contributed by atoms with Crippen molar-refractivity contribution < 1.29 is 23.1 Å². The molecule has 0 bridgehead atoms. The maximum Gasteiger partial charge on any atom is 0.338 e. The van der Waals surface area contributed by atoms with Gasteiger partial charge in [0, 0.05) is 16.8 Å². The Bertz CT molecular complexity index is 1400. The van der Waals surface area contributed by atoms with E-state index < -0.39 is 35.2 Å². The number of esters is 1. The van der Waals surface area contributed by atoms with E-state index >= 15 is 0 Å². The topological polar surface area (TPSA) is 67.4 Å². The average Bonchev–Trinajstić information content (AvgIpc) is 2.86. The Balaban J connectivity index is 1.89. The van der Waals surface area contributed by atoms with Crippen LogP contribution in [0.4, 0.5) is 14.5 Å². The molecule has 0 saturated carbocycles. The molecular formula is C33H38Cl2F2N2O3. The fourth-order valence-electron chi connectivity index (χ4n) is 4.58. The summed E-state index contributed by atoms with van der Waals surface area (Å²) < 4.78 is 35.1. The second-order valence-corrected chi connectivity index (χ2v) is 13.5. The van der Waals surface area contributed by atoms with Crippen molar-refractivity contribution in [2.24, 2.45) is 5.41 Å². The fourth-order valence-corrected chi connectivity index (χ4v) is 4.93. The number of amides is 1. The van der Waals surface area contributed by atoms with Crippen LogP contribution in [0.15, 0.2) is 60.7 Å². The smallest absolute Gasteiger partial charge is 0.338 e. The molecule has 42 heavy (non-hydrogen) atoms. The summed E-state index contributed by atoms with van der Waals surface area (Å²) in [7, 11) is 0. The molecule has 0 spiro atoms. The van der Waals surface area contributed by atoms with Crippen LogP contribution in [0.1, 0.15) is 69.4 Å². The molecule has 226 valence electrons. The third kappa shape index (κ3) is 10.4. The molecule has 3 aromatic rings. The molecule has 2 N–H and O–H groups in total. The van der Waals surface area contributed by atoms with Crippen LogP contribution in [0.5, 0.6) is 0 Å². The zero-order valence-electron chi connectivity index (χ0n) is 24.8. The molecule has 2 unspecified atom stereocenters. The van der Waals surface area contributed by atoms with Crippen molar-refractivity contribution in [1.82, 2.24) is 5.32 Å². The van der Waals surface area contributed by atoms with Gasteiger partial charge < -0.3 is 15.4 Å². The Morgan fingerprint density at radius 1 is 0.881 bits per heavy atom. The first-order valence-corrected chi connectivity index (χ1v) is 14.5. The summed E-state index contributed by atoms with van der Waals surface area (Å²) in [6.45, 7) is 11.5. The van der Waals surface area contributed by atoms with Gasteiger partial charge in [0.25, 0.3) is 0 Å². The molecular weight excluding hydrogens is 581 g/mol. The van der Waals surface area contributed by atoms with Crippen molar-refractivity contribution in [3.05, 3.63) is 99.0 Å². The molecule has 0 fully saturated rings. The molecule has 0 aliphatic carbocycles. The summed E-state index contributed by atoms with van der Waals surface area (Å²) >= 11 is 12.0. The molecule has 9 heteroatoms. The lowest BCUT2D eigenvalue weighted by Crippen LogP contribution is -2.49. The number of benzene rings is 3. The third-order valence-electron chi connectivity index (χ3n) is 6.34. The Kier molecular flexibility index (Phi) is 11.2. The van der Waals surface area contributed by atoms with Crippen molar-refractivity contribution in [1.29, 1.82) is 0 Å². The lowest BCUT2D eigenvalue weighted by atomic mass is 9.85. The van der Waals surface area contributed by atoms with Gasteiger partial charge >= 0.3 is 5.97 Å². The van der Waals surface area contributed by atoms with Gasteiger partial charge in [0.2, 0.25) is 5.91 Å². The number of nitrogens with one attached hydrogen (secondary N) is 2. The van der Waals surface area contributed by atoms with E-state index in [1.165, 1.54) is 12.1 Å². The van der Waals surface area contributed by atoms with E-state index in [1.807, 2.05) is 0 Å². The summed E-state index contributed by atoms with van der Waals surface area (Å²) in [5.74, 6) is -1.93. The monoisotopic (exact) mass is 618 g/mol. The molecule has 3 aromatic carbocycles. The molecule has 0 aliphatic heterocycles. The number of carbonyl (C=O) groups is 2. The Morgan fingerprint density at radius 3 is 2.14 bits per heavy atom. The van der Waals surface area contributed by atoms with Crippen LogP contribution in [0, 0.1) is 17.0 Å². The van der Waals surface area contributed by atoms with Gasteiger partial charge in [0.15, 0.2) is 0 Å². The summed E-state index contributed by atoms with van der Waals surface area (Å²) in [6, 6.07) is 14.3. The number of hydrogen-bond acceptors (Lipinski definition) is 4. The summed E-state index contributed by atoms with van der Waals surface area (Å²) in [5, 5.41) is 6.49. The van der Waals surface area contributed by atoms with Crippen LogP contribution in [-0.2, 0) is 22.4 Å². The normalized spacial score (nSPS) is 13.4. The van der Waals surface area contributed by atoms with Crippen LogP contribution in [-0.4, -0.2) is 29.6 Å². The highest BCUT2D eigenvalue weighted by Gasteiger charge is 2.28. The molecule has 0 aromatic heterocycles. The molecule has 0 radical (unpaired) electrons. The summed E-state index contributed by atoms with van der Waals surface area (Å²) in [5.41, 5.74) is 0.697. The first kappa shape index (κ1) is 33.5. The summed E-state index contributed by atoms with van der Waals surface area (Å²) in [6.07, 6.45) is 0.881. The SMILES string of the molecule is CC(C)(C)CC(Cc1ccc(Cl)cc1F)NC(Cc1cccc(Cl)c1F)C(=O)Nc1ccc(C(=O)OC(C)(C)C)cc1. The highest BCUT2D eigenvalue weighted by atomic mass is 35.5. The standard InChI is InChI=1S/C33H38Cl2F2N2O3/c1-32(2,3)19-25(16-21-10-13-23(34)18-27(21)36)38-28(17-22-8-7-9-26(35)29(22)37)30(40)39-24-14-11-20(12-15-24)31(41)42-33(4,5)6/h7-15,18,25,28,38H,16-17,19H2,1-6H3,(H,39,40). The second kappa shape index (κ2) is 14.0. The number of rotatable bonds is 10. The predicted molar refractivity (Wildman–Crippen MR) is 165 cm³/mol. The van der Waals surface area contributed by atoms with Crippen molar-refractivity contribution in [3.8, 4) is 0 Å². The van der Waals surface area contributed by atoms with Gasteiger partial charge in [0.1, 0.15) is 17.2 Å². The van der Waals surface area contributed by atoms with Gasteiger partial charge in [-0.3, -0.25) is 4.79 Å². The van der Waals surface area contributed by atoms with E-state index in [0.29, 0.717) is 28.3 Å². The summed E-state index contributed by atoms with van der Waals surface area (Å²) in [4.78, 5) is 26.1. The number of carbonyl (C=O) groups excluding carboxylic acids is 2. The lowest BCUT2D eigenvalue weighted by molar-refractivity contribution is -0.118. The van der Waals surface area contributed by atoms with E-state index in [4.69, 9.17) is 27.9 Å². The predicted octanol–water partition coefficient (Wildman–Crippen LogP) is 8.41. The maximum atomic E-state index is 14.9. The van der Waals surface area contributed by atoms with E-state index in [0.717, 1.165) is 0 Å². The van der Waals surface area contributed by atoms with Gasteiger partial charge in [-0.2, -0.15) is 0 Å². The molecule has 3 rings (SSSR count). The molecule has 2 atom stereocenters. The van der Waals surface area contributed by atoms with Gasteiger partial charge in [-0.1, -0.05) is 62.2 Å². The minimum Gasteiger partial charge on any atom is -0.456 e. The van der Waals surface area contributed by atoms with Crippen LogP contribution < -0.4 is 10.6 Å². The minimum absolute atomic E-state index is 0.00202. The van der Waals surface area contributed by atoms with Gasteiger partial charge in [0.05, 0.1) is 16.6 Å². The molecule has 0 heterocycles. The van der Waals surface area contributed by atoms with Gasteiger partial charge in [-0.05, 0) is 99.0 Å². The first-order valence-electron chi connectivity index (χ1n) is 13.8. The highest BCUT2D eigenvalue weighted by Crippen LogP contribution is 2.26. The maximum absolute atomic E-state index is 14.9. The quantitative estimate of drug-likeness (QED) is 0.224. The van der Waals surface area contributed by atoms with Crippen LogP contribution in [0.2, 0.25) is 10.0 Å². The first-order chi connectivity index (χ1) is 19.5. The Hall–Kier alpha value is -3.00. The van der Waals surface area contributed by atoms with Crippen molar-refractivity contribution in [3.63, 3.8) is 0 Å². The van der Waals surface area contributed by atoms with Crippen LogP contribution in [0.25, 0.3) is 0 Å². The van der Waals surface area contributed by atoms with Gasteiger partial charge in [-0.25, -0.2) is 13.6 Å². The Morgan fingerprint density at radius 2 is 1.55 bits per heavy atom. The highest BCUT2D eigenvalue weighted by molar-refractivity contribution is 6.31. The van der Waals surface area contributed by atoms with Crippen molar-refractivity contribution >= 4 is 40.8 Å². The van der Waals surface area contributed by atoms with E-state index in [-0.39, 0.29) is 34.9 Å². The average molecular weight is 620 g/mol. The third-order valence-corrected chi connectivity index (χ3v) is 6.86. The van der Waals surface area contributed by atoms with E-state index in [1.54, 1.807) is 69.3 Å². The molecule has 0 aliphatic rings. The van der Waals surface area contributed by atoms with Crippen LogP contribution >= 0.6 is 23.2 Å². The fraction of sp³-hybridized carbons (Fsp3) is 0.394. The van der Waals surface area contributed by atoms with E-state index in [9.17, 15) is 18.4 Å². The molecule has 0 saturated heterocycles. The van der Waals surface area contributed by atoms with Crippen molar-refractivity contribution in [2.75, 3.05) is 5.32 Å². The number of hydrogen-bond donors (Lipinski definition) is 2. The van der Waals surface area contributed by atoms with Gasteiger partial charge in [-0.15, -0.1) is 0 Å². The Labute approximate surface area is 256 Å². The largest absolute Gasteiger partial charge is 0.456 e. The number of anilines is 1. The molecule has 1 amide bonds. The lowest BCUT2D eigenvalue weighted by Gasteiger charge is -2.31. The van der Waals surface area contributed by atoms with Crippen molar-refractivity contribution in [2.45, 2.75) is 78.5 Å². The second-order valence-electron chi connectivity index (χ2n) is 12.6. The zero-order valence-corrected chi connectivity index (χ0v) is 26.3. The van der Waals surface area contributed by atoms with E-state index in [2.05, 4.69) is 31.4 Å². The number of ether oxygens (including phenoxy) is 1. The van der Waals surface area contributed by atoms with Crippen LogP contribution in [0.3, 0.4) is 0 Å². The molecule has 5 nitrogen and oxygen atoms in total. The zero-order chi connectivity index (χ0) is 31.2. The minimum atomic E-state index is -0.897. The number of halogens is 4.